The molecule has 0 radical (unpaired) electrons. The van der Waals surface area contributed by atoms with Gasteiger partial charge in [0.1, 0.15) is 0 Å². The van der Waals surface area contributed by atoms with Crippen LogP contribution in [0.2, 0.25) is 0 Å². The van der Waals surface area contributed by atoms with Crippen molar-refractivity contribution in [2.24, 2.45) is 12.0 Å². The zero-order valence-corrected chi connectivity index (χ0v) is 9.27. The highest BCUT2D eigenvalue weighted by Crippen LogP contribution is 2.15. The highest BCUT2D eigenvalue weighted by atomic mass is 32.2. The molecule has 0 saturated carbocycles. The van der Waals surface area contributed by atoms with Crippen molar-refractivity contribution in [1.29, 1.82) is 0 Å². The molecule has 0 saturated heterocycles. The maximum Gasteiger partial charge on any atom is 0.162 e. The van der Waals surface area contributed by atoms with E-state index >= 15 is 0 Å². The van der Waals surface area contributed by atoms with Crippen LogP contribution in [0.4, 0.5) is 5.82 Å². The number of aliphatic imine (C=N–C) groups is 1. The Bertz CT molecular complexity index is 336. The van der Waals surface area contributed by atoms with E-state index in [2.05, 4.69) is 15.4 Å². The molecule has 4 nitrogen and oxygen atoms in total. The number of hydrogen-bond donors (Lipinski definition) is 1. The summed E-state index contributed by atoms with van der Waals surface area (Å²) in [4.78, 5) is 4.38. The average Bonchev–Trinajstić information content (AvgIpc) is 2.47. The summed E-state index contributed by atoms with van der Waals surface area (Å²) < 4.78 is 1.86. The molecule has 14 heavy (non-hydrogen) atoms. The van der Waals surface area contributed by atoms with Crippen LogP contribution in [0.25, 0.3) is 0 Å². The minimum Gasteiger partial charge on any atom is -0.318 e. The molecule has 76 valence electrons. The van der Waals surface area contributed by atoms with Crippen molar-refractivity contribution in [1.82, 2.24) is 9.78 Å². The van der Waals surface area contributed by atoms with E-state index in [0.29, 0.717) is 0 Å². The van der Waals surface area contributed by atoms with Crippen LogP contribution in [-0.4, -0.2) is 27.2 Å². The second-order valence-corrected chi connectivity index (χ2v) is 4.39. The van der Waals surface area contributed by atoms with Crippen LogP contribution in [0.1, 0.15) is 12.1 Å². The van der Waals surface area contributed by atoms with Crippen LogP contribution in [0, 0.1) is 6.92 Å². The molecule has 1 aliphatic heterocycles. The van der Waals surface area contributed by atoms with Crippen LogP contribution in [0.3, 0.4) is 0 Å². The van der Waals surface area contributed by atoms with Gasteiger partial charge in [0.15, 0.2) is 11.0 Å². The second-order valence-electron chi connectivity index (χ2n) is 3.31. The first-order valence-corrected chi connectivity index (χ1v) is 5.69. The number of hydrogen-bond acceptors (Lipinski definition) is 4. The van der Waals surface area contributed by atoms with E-state index in [4.69, 9.17) is 0 Å². The summed E-state index contributed by atoms with van der Waals surface area (Å²) >= 11 is 1.76. The predicted molar refractivity (Wildman–Crippen MR) is 60.9 cm³/mol. The highest BCUT2D eigenvalue weighted by Gasteiger charge is 2.08. The third-order valence-corrected chi connectivity index (χ3v) is 3.14. The van der Waals surface area contributed by atoms with E-state index in [9.17, 15) is 0 Å². The molecule has 0 bridgehead atoms. The van der Waals surface area contributed by atoms with Crippen molar-refractivity contribution in [3.63, 3.8) is 0 Å². The lowest BCUT2D eigenvalue weighted by molar-refractivity contribution is 0.743. The summed E-state index contributed by atoms with van der Waals surface area (Å²) in [5, 5.41) is 8.53. The Labute approximate surface area is 87.8 Å². The standard InChI is InChI=1S/C9H14N4S/c1-7-6-8(12-13(7)2)11-9-10-4-3-5-14-9/h6H,3-5H2,1-2H3,(H,10,11,12). The first-order chi connectivity index (χ1) is 6.75. The molecule has 0 aliphatic carbocycles. The summed E-state index contributed by atoms with van der Waals surface area (Å²) in [5.41, 5.74) is 1.15. The number of thioether (sulfide) groups is 1. The molecule has 0 atom stereocenters. The number of anilines is 1. The monoisotopic (exact) mass is 210 g/mol. The van der Waals surface area contributed by atoms with Crippen LogP contribution < -0.4 is 5.32 Å². The Morgan fingerprint density at radius 3 is 3.00 bits per heavy atom. The Balaban J connectivity index is 2.06. The van der Waals surface area contributed by atoms with Gasteiger partial charge in [0, 0.05) is 31.1 Å². The number of aryl methyl sites for hydroxylation is 2. The molecule has 1 aromatic rings. The van der Waals surface area contributed by atoms with Gasteiger partial charge in [-0.2, -0.15) is 5.10 Å². The van der Waals surface area contributed by atoms with Gasteiger partial charge in [-0.25, -0.2) is 0 Å². The topological polar surface area (TPSA) is 42.2 Å². The third-order valence-electron chi connectivity index (χ3n) is 2.15. The van der Waals surface area contributed by atoms with Crippen molar-refractivity contribution in [2.75, 3.05) is 17.6 Å². The maximum absolute atomic E-state index is 4.38. The number of amidine groups is 1. The SMILES string of the molecule is Cc1cc(NC2=NCCCS2)nn1C. The molecule has 1 aliphatic rings. The molecule has 0 fully saturated rings. The van der Waals surface area contributed by atoms with Gasteiger partial charge in [0.25, 0.3) is 0 Å². The maximum atomic E-state index is 4.38. The van der Waals surface area contributed by atoms with E-state index in [1.165, 1.54) is 6.42 Å². The van der Waals surface area contributed by atoms with Gasteiger partial charge in [0.05, 0.1) is 0 Å². The number of nitrogens with one attached hydrogen (secondary N) is 1. The van der Waals surface area contributed by atoms with Crippen LogP contribution in [-0.2, 0) is 7.05 Å². The summed E-state index contributed by atoms with van der Waals surface area (Å²) in [7, 11) is 1.94. The molecule has 5 heteroatoms. The lowest BCUT2D eigenvalue weighted by Gasteiger charge is -2.10. The minimum atomic E-state index is 0.887. The molecule has 1 N–H and O–H groups in total. The number of nitrogens with zero attached hydrogens (tertiary/aromatic N) is 3. The molecule has 1 aromatic heterocycles. The van der Waals surface area contributed by atoms with Crippen molar-refractivity contribution in [2.45, 2.75) is 13.3 Å². The van der Waals surface area contributed by atoms with E-state index in [0.717, 1.165) is 29.0 Å². The number of rotatable bonds is 1. The largest absolute Gasteiger partial charge is 0.318 e. The lowest BCUT2D eigenvalue weighted by Crippen LogP contribution is -2.13. The van der Waals surface area contributed by atoms with Crippen molar-refractivity contribution < 1.29 is 0 Å². The molecule has 0 amide bonds. The molecular formula is C9H14N4S. The summed E-state index contributed by atoms with van der Waals surface area (Å²) in [6, 6.07) is 2.03. The first kappa shape index (κ1) is 9.58. The fourth-order valence-electron chi connectivity index (χ4n) is 1.27. The fraction of sp³-hybridized carbons (Fsp3) is 0.556. The third kappa shape index (κ3) is 2.09. The smallest absolute Gasteiger partial charge is 0.162 e. The zero-order chi connectivity index (χ0) is 9.97. The fourth-order valence-corrected chi connectivity index (χ4v) is 2.09. The van der Waals surface area contributed by atoms with Crippen LogP contribution in [0.5, 0.6) is 0 Å². The van der Waals surface area contributed by atoms with E-state index in [1.54, 1.807) is 11.8 Å². The van der Waals surface area contributed by atoms with Crippen LogP contribution in [0.15, 0.2) is 11.1 Å². The first-order valence-electron chi connectivity index (χ1n) is 4.70. The Morgan fingerprint density at radius 2 is 2.43 bits per heavy atom. The van der Waals surface area contributed by atoms with Gasteiger partial charge in [-0.05, 0) is 13.3 Å². The molecule has 0 aromatic carbocycles. The van der Waals surface area contributed by atoms with E-state index in [1.807, 2.05) is 24.7 Å². The lowest BCUT2D eigenvalue weighted by atomic mass is 10.5. The Kier molecular flexibility index (Phi) is 2.77. The predicted octanol–water partition coefficient (Wildman–Crippen LogP) is 1.63. The second kappa shape index (κ2) is 4.04. The summed E-state index contributed by atoms with van der Waals surface area (Å²) in [6.45, 7) is 2.97. The zero-order valence-electron chi connectivity index (χ0n) is 8.45. The molecule has 0 unspecified atom stereocenters. The molecule has 2 heterocycles. The Morgan fingerprint density at radius 1 is 1.57 bits per heavy atom. The van der Waals surface area contributed by atoms with Gasteiger partial charge in [-0.15, -0.1) is 0 Å². The Hall–Kier alpha value is -0.970. The molecular weight excluding hydrogens is 196 g/mol. The van der Waals surface area contributed by atoms with Gasteiger partial charge in [-0.1, -0.05) is 11.8 Å². The quantitative estimate of drug-likeness (QED) is 0.766. The highest BCUT2D eigenvalue weighted by molar-refractivity contribution is 8.14. The van der Waals surface area contributed by atoms with E-state index in [-0.39, 0.29) is 0 Å². The van der Waals surface area contributed by atoms with Gasteiger partial charge in [0.2, 0.25) is 0 Å². The minimum absolute atomic E-state index is 0.887. The normalized spacial score (nSPS) is 16.6. The van der Waals surface area contributed by atoms with Crippen molar-refractivity contribution in [3.05, 3.63) is 11.8 Å². The van der Waals surface area contributed by atoms with Gasteiger partial charge < -0.3 is 5.32 Å². The van der Waals surface area contributed by atoms with Gasteiger partial charge in [-0.3, -0.25) is 9.67 Å². The van der Waals surface area contributed by atoms with Crippen molar-refractivity contribution >= 4 is 22.7 Å². The van der Waals surface area contributed by atoms with E-state index < -0.39 is 0 Å². The summed E-state index contributed by atoms with van der Waals surface area (Å²) in [5.74, 6) is 2.04. The van der Waals surface area contributed by atoms with Crippen LogP contribution >= 0.6 is 11.8 Å². The molecule has 0 spiro atoms. The number of aromatic nitrogens is 2. The average molecular weight is 210 g/mol. The van der Waals surface area contributed by atoms with Gasteiger partial charge >= 0.3 is 0 Å². The van der Waals surface area contributed by atoms with Crippen molar-refractivity contribution in [3.8, 4) is 0 Å². The molecule has 2 rings (SSSR count). The summed E-state index contributed by atoms with van der Waals surface area (Å²) in [6.07, 6.45) is 1.18.